The Kier molecular flexibility index (Phi) is 4.69. The molecule has 12 heavy (non-hydrogen) atoms. The summed E-state index contributed by atoms with van der Waals surface area (Å²) in [7, 11) is 0. The van der Waals surface area contributed by atoms with Crippen molar-refractivity contribution in [3.05, 3.63) is 29.6 Å². The van der Waals surface area contributed by atoms with Crippen molar-refractivity contribution in [3.63, 3.8) is 0 Å². The fourth-order valence-electron chi connectivity index (χ4n) is 0.620. The number of carbonyl (C=O) groups excluding carboxylic acids is 1. The summed E-state index contributed by atoms with van der Waals surface area (Å²) < 4.78 is 12.3. The van der Waals surface area contributed by atoms with Crippen molar-refractivity contribution in [2.24, 2.45) is 0 Å². The molecule has 0 amide bonds. The molecule has 0 unspecified atom stereocenters. The molecule has 0 radical (unpaired) electrons. The lowest BCUT2D eigenvalue weighted by Crippen LogP contribution is -1.82. The molecule has 66 valence electrons. The van der Waals surface area contributed by atoms with Crippen LogP contribution < -0.4 is 0 Å². The second-order valence-corrected chi connectivity index (χ2v) is 1.82. The molecule has 2 nitrogen and oxygen atoms in total. The van der Waals surface area contributed by atoms with Crippen molar-refractivity contribution < 1.29 is 14.3 Å². The molecule has 1 aromatic rings. The van der Waals surface area contributed by atoms with Gasteiger partial charge < -0.3 is 5.11 Å². The lowest BCUT2D eigenvalue weighted by molar-refractivity contribution is 0.112. The first kappa shape index (κ1) is 10.6. The number of phenols is 1. The van der Waals surface area contributed by atoms with Crippen molar-refractivity contribution in [1.29, 1.82) is 0 Å². The minimum absolute atomic E-state index is 0.0278. The van der Waals surface area contributed by atoms with Crippen molar-refractivity contribution in [1.82, 2.24) is 0 Å². The molecule has 1 aromatic carbocycles. The fourth-order valence-corrected chi connectivity index (χ4v) is 0.620. The van der Waals surface area contributed by atoms with E-state index in [1.165, 1.54) is 0 Å². The number of hydrogen-bond acceptors (Lipinski definition) is 2. The van der Waals surface area contributed by atoms with E-state index in [9.17, 15) is 9.18 Å². The first-order valence-electron chi connectivity index (χ1n) is 3.68. The summed E-state index contributed by atoms with van der Waals surface area (Å²) in [6.07, 6.45) is 0.401. The SMILES string of the molecule is CC.O=Cc1cc(F)ccc1O. The number of phenolic OH excluding ortho intramolecular Hbond substituents is 1. The summed E-state index contributed by atoms with van der Waals surface area (Å²) in [6.45, 7) is 4.00. The van der Waals surface area contributed by atoms with Gasteiger partial charge in [-0.15, -0.1) is 0 Å². The Morgan fingerprint density at radius 1 is 1.42 bits per heavy atom. The summed E-state index contributed by atoms with van der Waals surface area (Å²) in [4.78, 5) is 10.1. The van der Waals surface area contributed by atoms with Crippen LogP contribution >= 0.6 is 0 Å². The zero-order valence-corrected chi connectivity index (χ0v) is 7.04. The second kappa shape index (κ2) is 5.29. The molecule has 0 bridgehead atoms. The lowest BCUT2D eigenvalue weighted by Gasteiger charge is -1.93. The van der Waals surface area contributed by atoms with Gasteiger partial charge in [-0.25, -0.2) is 4.39 Å². The molecule has 0 saturated carbocycles. The maximum absolute atomic E-state index is 12.3. The molecule has 1 rings (SSSR count). The molecule has 0 atom stereocenters. The summed E-state index contributed by atoms with van der Waals surface area (Å²) in [6, 6.07) is 3.20. The predicted molar refractivity (Wildman–Crippen MR) is 44.8 cm³/mol. The van der Waals surface area contributed by atoms with Crippen LogP contribution in [0, 0.1) is 5.82 Å². The van der Waals surface area contributed by atoms with E-state index in [1.807, 2.05) is 13.8 Å². The Morgan fingerprint density at radius 3 is 2.42 bits per heavy atom. The van der Waals surface area contributed by atoms with E-state index in [1.54, 1.807) is 0 Å². The zero-order chi connectivity index (χ0) is 9.56. The molecule has 0 aliphatic heterocycles. The molecule has 0 saturated heterocycles. The highest BCUT2D eigenvalue weighted by Gasteiger charge is 1.99. The lowest BCUT2D eigenvalue weighted by atomic mass is 10.2. The maximum Gasteiger partial charge on any atom is 0.153 e. The Labute approximate surface area is 70.7 Å². The van der Waals surface area contributed by atoms with Crippen LogP contribution in [0.4, 0.5) is 4.39 Å². The summed E-state index contributed by atoms with van der Waals surface area (Å²) in [5, 5.41) is 8.84. The van der Waals surface area contributed by atoms with E-state index in [0.29, 0.717) is 6.29 Å². The number of halogens is 1. The van der Waals surface area contributed by atoms with Crippen LogP contribution in [-0.4, -0.2) is 11.4 Å². The van der Waals surface area contributed by atoms with Crippen molar-refractivity contribution >= 4 is 6.29 Å². The zero-order valence-electron chi connectivity index (χ0n) is 7.04. The van der Waals surface area contributed by atoms with Crippen molar-refractivity contribution in [2.75, 3.05) is 0 Å². The molecular formula is C9H11FO2. The number of benzene rings is 1. The standard InChI is InChI=1S/C7H5FO2.C2H6/c8-6-1-2-7(10)5(3-6)4-9;1-2/h1-4,10H;1-2H3. The minimum atomic E-state index is -0.528. The highest BCUT2D eigenvalue weighted by Crippen LogP contribution is 2.14. The third-order valence-electron chi connectivity index (χ3n) is 1.12. The number of hydrogen-bond donors (Lipinski definition) is 1. The molecule has 0 fully saturated rings. The van der Waals surface area contributed by atoms with E-state index in [-0.39, 0.29) is 11.3 Å². The molecule has 0 heterocycles. The van der Waals surface area contributed by atoms with Gasteiger partial charge in [0.2, 0.25) is 0 Å². The Hall–Kier alpha value is -1.38. The van der Waals surface area contributed by atoms with Gasteiger partial charge in [0, 0.05) is 0 Å². The van der Waals surface area contributed by atoms with Gasteiger partial charge in [0.15, 0.2) is 6.29 Å². The highest BCUT2D eigenvalue weighted by atomic mass is 19.1. The van der Waals surface area contributed by atoms with Crippen LogP contribution in [0.1, 0.15) is 24.2 Å². The third-order valence-corrected chi connectivity index (χ3v) is 1.12. The van der Waals surface area contributed by atoms with Crippen molar-refractivity contribution in [2.45, 2.75) is 13.8 Å². The van der Waals surface area contributed by atoms with Crippen molar-refractivity contribution in [3.8, 4) is 5.75 Å². The first-order valence-corrected chi connectivity index (χ1v) is 3.68. The average molecular weight is 170 g/mol. The first-order chi connectivity index (χ1) is 5.74. The fraction of sp³-hybridized carbons (Fsp3) is 0.222. The topological polar surface area (TPSA) is 37.3 Å². The van der Waals surface area contributed by atoms with E-state index < -0.39 is 5.82 Å². The monoisotopic (exact) mass is 170 g/mol. The number of carbonyl (C=O) groups is 1. The normalized spacial score (nSPS) is 8.25. The van der Waals surface area contributed by atoms with Crippen LogP contribution in [0.15, 0.2) is 18.2 Å². The average Bonchev–Trinajstić information content (AvgIpc) is 2.13. The quantitative estimate of drug-likeness (QED) is 0.657. The second-order valence-electron chi connectivity index (χ2n) is 1.82. The van der Waals surface area contributed by atoms with E-state index in [0.717, 1.165) is 18.2 Å². The van der Waals surface area contributed by atoms with Gasteiger partial charge in [-0.05, 0) is 18.2 Å². The number of aldehydes is 1. The summed E-state index contributed by atoms with van der Waals surface area (Å²) in [5.74, 6) is -0.726. The number of rotatable bonds is 1. The van der Waals surface area contributed by atoms with Crippen LogP contribution in [-0.2, 0) is 0 Å². The predicted octanol–water partition coefficient (Wildman–Crippen LogP) is 2.37. The Bertz CT molecular complexity index is 259. The van der Waals surface area contributed by atoms with E-state index in [4.69, 9.17) is 5.11 Å². The maximum atomic E-state index is 12.3. The van der Waals surface area contributed by atoms with Crippen LogP contribution in [0.3, 0.4) is 0 Å². The van der Waals surface area contributed by atoms with E-state index >= 15 is 0 Å². The van der Waals surface area contributed by atoms with Crippen LogP contribution in [0.2, 0.25) is 0 Å². The van der Waals surface area contributed by atoms with Gasteiger partial charge in [-0.2, -0.15) is 0 Å². The minimum Gasteiger partial charge on any atom is -0.507 e. The van der Waals surface area contributed by atoms with E-state index in [2.05, 4.69) is 0 Å². The van der Waals surface area contributed by atoms with Gasteiger partial charge >= 0.3 is 0 Å². The third kappa shape index (κ3) is 2.70. The molecule has 0 aromatic heterocycles. The largest absolute Gasteiger partial charge is 0.507 e. The van der Waals surface area contributed by atoms with Gasteiger partial charge in [0.05, 0.1) is 5.56 Å². The highest BCUT2D eigenvalue weighted by molar-refractivity contribution is 5.78. The number of aromatic hydroxyl groups is 1. The van der Waals surface area contributed by atoms with Gasteiger partial charge in [0.25, 0.3) is 0 Å². The molecule has 0 aliphatic rings. The Balaban J connectivity index is 0.000000561. The molecule has 0 spiro atoms. The summed E-state index contributed by atoms with van der Waals surface area (Å²) >= 11 is 0. The molecule has 0 aliphatic carbocycles. The molecule has 3 heteroatoms. The van der Waals surface area contributed by atoms with Crippen LogP contribution in [0.5, 0.6) is 5.75 Å². The van der Waals surface area contributed by atoms with Gasteiger partial charge in [0.1, 0.15) is 11.6 Å². The van der Waals surface area contributed by atoms with Gasteiger partial charge in [-0.1, -0.05) is 13.8 Å². The smallest absolute Gasteiger partial charge is 0.153 e. The van der Waals surface area contributed by atoms with Gasteiger partial charge in [-0.3, -0.25) is 4.79 Å². The molecule has 1 N–H and O–H groups in total. The Morgan fingerprint density at radius 2 is 2.00 bits per heavy atom. The van der Waals surface area contributed by atoms with Crippen LogP contribution in [0.25, 0.3) is 0 Å². The summed E-state index contributed by atoms with van der Waals surface area (Å²) in [5.41, 5.74) is -0.0278. The molecular weight excluding hydrogens is 159 g/mol.